The van der Waals surface area contributed by atoms with Gasteiger partial charge in [0.1, 0.15) is 24.4 Å². The van der Waals surface area contributed by atoms with Crippen LogP contribution in [0.15, 0.2) is 0 Å². The maximum Gasteiger partial charge on any atom is 0.186 e. The van der Waals surface area contributed by atoms with Crippen molar-refractivity contribution >= 4 is 0 Å². The Labute approximate surface area is 228 Å². The number of hydrogen-bond donors (Lipinski definition) is 12. The van der Waals surface area contributed by atoms with Crippen LogP contribution in [0.25, 0.3) is 0 Å². The fourth-order valence-corrected chi connectivity index (χ4v) is 6.20. The molecule has 15 heteroatoms. The van der Waals surface area contributed by atoms with E-state index in [2.05, 4.69) is 16.0 Å². The van der Waals surface area contributed by atoms with Crippen molar-refractivity contribution in [1.29, 1.82) is 0 Å². The standard InChI is InChI=1S/C24H49N7O8/c25-4-11(33)8-30-15-3-13(27)17(22-14(31-10-6-29-7-10)2-1-12(5-26)37-22)20(35)23(15)39-24-21(36)18(28)19(34)16(9-32)38-24/h10-24,29-36H,1-9,25-28H2/t11?,12-,13-,14+,15+,16+,17?,18-,19+,20-,21+,22-,23-,24+/m0/s1. The highest BCUT2D eigenvalue weighted by atomic mass is 16.7. The van der Waals surface area contributed by atoms with Gasteiger partial charge in [0.05, 0.1) is 37.1 Å². The minimum atomic E-state index is -1.42. The second-order valence-electron chi connectivity index (χ2n) is 11.4. The molecule has 16 N–H and O–H groups in total. The predicted octanol–water partition coefficient (Wildman–Crippen LogP) is -6.44. The van der Waals surface area contributed by atoms with Crippen LogP contribution in [0.5, 0.6) is 0 Å². The summed E-state index contributed by atoms with van der Waals surface area (Å²) in [7, 11) is 0. The Morgan fingerprint density at radius 2 is 1.74 bits per heavy atom. The summed E-state index contributed by atoms with van der Waals surface area (Å²) in [6.45, 7) is 1.67. The second-order valence-corrected chi connectivity index (χ2v) is 11.4. The Balaban J connectivity index is 1.57. The Bertz CT molecular complexity index is 755. The maximum absolute atomic E-state index is 11.8. The first-order valence-electron chi connectivity index (χ1n) is 14.1. The molecular formula is C24H49N7O8. The quantitative estimate of drug-likeness (QED) is 0.111. The summed E-state index contributed by atoms with van der Waals surface area (Å²) in [6.07, 6.45) is -6.76. The van der Waals surface area contributed by atoms with Gasteiger partial charge in [-0.25, -0.2) is 0 Å². The minimum absolute atomic E-state index is 0.0393. The maximum atomic E-state index is 11.8. The van der Waals surface area contributed by atoms with E-state index >= 15 is 0 Å². The zero-order valence-electron chi connectivity index (χ0n) is 22.3. The van der Waals surface area contributed by atoms with Gasteiger partial charge in [-0.3, -0.25) is 0 Å². The summed E-state index contributed by atoms with van der Waals surface area (Å²) >= 11 is 0. The summed E-state index contributed by atoms with van der Waals surface area (Å²) in [6, 6.07) is -1.95. The van der Waals surface area contributed by atoms with E-state index in [4.69, 9.17) is 37.1 Å². The summed E-state index contributed by atoms with van der Waals surface area (Å²) in [5.74, 6) is -0.555. The summed E-state index contributed by atoms with van der Waals surface area (Å²) in [4.78, 5) is 0. The van der Waals surface area contributed by atoms with Gasteiger partial charge in [-0.1, -0.05) is 0 Å². The average molecular weight is 564 g/mol. The first-order valence-corrected chi connectivity index (χ1v) is 14.1. The van der Waals surface area contributed by atoms with Crippen molar-refractivity contribution in [1.82, 2.24) is 16.0 Å². The molecule has 3 aliphatic heterocycles. The Morgan fingerprint density at radius 1 is 1.00 bits per heavy atom. The van der Waals surface area contributed by atoms with Crippen LogP contribution in [-0.4, -0.2) is 150 Å². The molecule has 0 aromatic carbocycles. The molecule has 0 amide bonds. The molecule has 14 atom stereocenters. The minimum Gasteiger partial charge on any atom is -0.394 e. The fourth-order valence-electron chi connectivity index (χ4n) is 6.20. The van der Waals surface area contributed by atoms with Crippen LogP contribution in [0.3, 0.4) is 0 Å². The van der Waals surface area contributed by atoms with Crippen molar-refractivity contribution in [2.45, 2.75) is 105 Å². The molecule has 4 rings (SSSR count). The third-order valence-corrected chi connectivity index (χ3v) is 8.68. The molecule has 4 aliphatic rings. The van der Waals surface area contributed by atoms with Crippen molar-refractivity contribution in [2.75, 3.05) is 39.3 Å². The van der Waals surface area contributed by atoms with Crippen molar-refractivity contribution in [2.24, 2.45) is 28.9 Å². The molecule has 0 aromatic heterocycles. The number of ether oxygens (including phenoxy) is 3. The first-order chi connectivity index (χ1) is 18.7. The van der Waals surface area contributed by atoms with Crippen LogP contribution < -0.4 is 38.9 Å². The van der Waals surface area contributed by atoms with E-state index in [1.807, 2.05) is 0 Å². The highest BCUT2D eigenvalue weighted by Gasteiger charge is 2.53. The topological polar surface area (TPSA) is 269 Å². The van der Waals surface area contributed by atoms with Gasteiger partial charge in [-0.2, -0.15) is 0 Å². The van der Waals surface area contributed by atoms with Gasteiger partial charge >= 0.3 is 0 Å². The first kappa shape index (κ1) is 31.3. The van der Waals surface area contributed by atoms with Crippen molar-refractivity contribution in [3.8, 4) is 0 Å². The van der Waals surface area contributed by atoms with Gasteiger partial charge in [0, 0.05) is 62.8 Å². The summed E-state index contributed by atoms with van der Waals surface area (Å²) in [5, 5.41) is 62.6. The second kappa shape index (κ2) is 14.0. The molecule has 0 spiro atoms. The van der Waals surface area contributed by atoms with Crippen LogP contribution in [0, 0.1) is 5.92 Å². The van der Waals surface area contributed by atoms with Gasteiger partial charge in [0.2, 0.25) is 0 Å². The highest BCUT2D eigenvalue weighted by Crippen LogP contribution is 2.37. The monoisotopic (exact) mass is 563 g/mol. The van der Waals surface area contributed by atoms with Crippen LogP contribution in [-0.2, 0) is 14.2 Å². The third-order valence-electron chi connectivity index (χ3n) is 8.68. The van der Waals surface area contributed by atoms with Gasteiger partial charge in [0.25, 0.3) is 0 Å². The van der Waals surface area contributed by atoms with Gasteiger partial charge in [-0.05, 0) is 19.3 Å². The predicted molar refractivity (Wildman–Crippen MR) is 140 cm³/mol. The molecule has 0 bridgehead atoms. The van der Waals surface area contributed by atoms with Gasteiger partial charge in [0.15, 0.2) is 6.29 Å². The molecule has 3 saturated heterocycles. The van der Waals surface area contributed by atoms with Crippen molar-refractivity contribution < 1.29 is 39.7 Å². The van der Waals surface area contributed by atoms with E-state index in [0.717, 1.165) is 25.9 Å². The van der Waals surface area contributed by atoms with Crippen molar-refractivity contribution in [3.05, 3.63) is 0 Å². The van der Waals surface area contributed by atoms with E-state index in [0.29, 0.717) is 19.0 Å². The smallest absolute Gasteiger partial charge is 0.186 e. The van der Waals surface area contributed by atoms with E-state index < -0.39 is 79.7 Å². The normalized spacial score (nSPS) is 46.5. The molecular weight excluding hydrogens is 514 g/mol. The molecule has 4 fully saturated rings. The van der Waals surface area contributed by atoms with E-state index in [1.54, 1.807) is 0 Å². The number of nitrogens with two attached hydrogens (primary N) is 4. The zero-order valence-corrected chi connectivity index (χ0v) is 22.3. The summed E-state index contributed by atoms with van der Waals surface area (Å²) < 4.78 is 18.3. The lowest BCUT2D eigenvalue weighted by atomic mass is 9.72. The lowest BCUT2D eigenvalue weighted by Crippen LogP contribution is -2.70. The molecule has 39 heavy (non-hydrogen) atoms. The lowest BCUT2D eigenvalue weighted by molar-refractivity contribution is -0.306. The van der Waals surface area contributed by atoms with Crippen LogP contribution in [0.4, 0.5) is 0 Å². The fraction of sp³-hybridized carbons (Fsp3) is 1.00. The zero-order chi connectivity index (χ0) is 28.3. The van der Waals surface area contributed by atoms with Crippen molar-refractivity contribution in [3.63, 3.8) is 0 Å². The molecule has 0 aromatic rings. The average Bonchev–Trinajstić information content (AvgIpc) is 2.91. The van der Waals surface area contributed by atoms with Crippen LogP contribution in [0.1, 0.15) is 19.3 Å². The highest BCUT2D eigenvalue weighted by molar-refractivity contribution is 5.06. The largest absolute Gasteiger partial charge is 0.394 e. The van der Waals surface area contributed by atoms with E-state index in [-0.39, 0.29) is 25.2 Å². The van der Waals surface area contributed by atoms with Gasteiger partial charge < -0.3 is 78.6 Å². The molecule has 2 unspecified atom stereocenters. The number of aliphatic hydroxyl groups excluding tert-OH is 5. The molecule has 0 radical (unpaired) electrons. The lowest BCUT2D eigenvalue weighted by Gasteiger charge is -2.52. The third kappa shape index (κ3) is 7.07. The number of aliphatic hydroxyl groups is 5. The van der Waals surface area contributed by atoms with Crippen LogP contribution >= 0.6 is 0 Å². The van der Waals surface area contributed by atoms with E-state index in [9.17, 15) is 25.5 Å². The molecule has 15 nitrogen and oxygen atoms in total. The molecule has 1 aliphatic carbocycles. The Kier molecular flexibility index (Phi) is 11.3. The number of rotatable bonds is 11. The molecule has 3 heterocycles. The SMILES string of the molecule is NCC(O)CN[C@@H]1C[C@H](N)C([C@H]2O[C@H](CN)CC[C@H]2NC2CNC2)[C@H](O)[C@H]1O[C@H]1O[C@H](CO)[C@@H](O)[C@H](N)[C@H]1O. The number of hydrogen-bond acceptors (Lipinski definition) is 15. The molecule has 228 valence electrons. The van der Waals surface area contributed by atoms with Gasteiger partial charge in [-0.15, -0.1) is 0 Å². The number of nitrogens with one attached hydrogen (secondary N) is 3. The Hall–Kier alpha value is -0.600. The summed E-state index contributed by atoms with van der Waals surface area (Å²) in [5.41, 5.74) is 24.2. The van der Waals surface area contributed by atoms with Crippen LogP contribution in [0.2, 0.25) is 0 Å². The van der Waals surface area contributed by atoms with E-state index in [1.165, 1.54) is 0 Å². The Morgan fingerprint density at radius 3 is 2.36 bits per heavy atom. The molecule has 1 saturated carbocycles.